The zero-order chi connectivity index (χ0) is 11.7. The molecule has 0 bridgehead atoms. The SMILES string of the molecule is CCC(C)N(CCOC)CCC(C)CN. The molecule has 92 valence electrons. The van der Waals surface area contributed by atoms with Gasteiger partial charge >= 0.3 is 0 Å². The molecule has 0 amide bonds. The Morgan fingerprint density at radius 1 is 1.27 bits per heavy atom. The predicted molar refractivity (Wildman–Crippen MR) is 66.0 cm³/mol. The average molecular weight is 216 g/mol. The van der Waals surface area contributed by atoms with Gasteiger partial charge in [0.25, 0.3) is 0 Å². The molecular weight excluding hydrogens is 188 g/mol. The Morgan fingerprint density at radius 3 is 2.40 bits per heavy atom. The molecule has 0 radical (unpaired) electrons. The Hall–Kier alpha value is -0.120. The molecule has 0 spiro atoms. The fourth-order valence-corrected chi connectivity index (χ4v) is 1.52. The molecule has 2 N–H and O–H groups in total. The van der Waals surface area contributed by atoms with Gasteiger partial charge in [0, 0.05) is 19.7 Å². The molecule has 0 rings (SSSR count). The lowest BCUT2D eigenvalue weighted by atomic mass is 10.1. The third-order valence-corrected chi connectivity index (χ3v) is 3.11. The number of hydrogen-bond donors (Lipinski definition) is 1. The van der Waals surface area contributed by atoms with Crippen molar-refractivity contribution < 1.29 is 4.74 Å². The largest absolute Gasteiger partial charge is 0.383 e. The molecule has 0 aromatic rings. The molecule has 0 aliphatic rings. The van der Waals surface area contributed by atoms with Gasteiger partial charge in [0.1, 0.15) is 0 Å². The summed E-state index contributed by atoms with van der Waals surface area (Å²) in [4.78, 5) is 2.50. The highest BCUT2D eigenvalue weighted by atomic mass is 16.5. The molecule has 0 aromatic carbocycles. The third-order valence-electron chi connectivity index (χ3n) is 3.11. The lowest BCUT2D eigenvalue weighted by Crippen LogP contribution is -2.37. The summed E-state index contributed by atoms with van der Waals surface area (Å²) < 4.78 is 5.13. The quantitative estimate of drug-likeness (QED) is 0.638. The van der Waals surface area contributed by atoms with Crippen LogP contribution in [0.5, 0.6) is 0 Å². The van der Waals surface area contributed by atoms with E-state index >= 15 is 0 Å². The van der Waals surface area contributed by atoms with Gasteiger partial charge in [-0.05, 0) is 38.8 Å². The summed E-state index contributed by atoms with van der Waals surface area (Å²) in [7, 11) is 1.76. The van der Waals surface area contributed by atoms with Crippen LogP contribution in [0.15, 0.2) is 0 Å². The number of methoxy groups -OCH3 is 1. The maximum absolute atomic E-state index is 5.62. The van der Waals surface area contributed by atoms with Gasteiger partial charge in [0.2, 0.25) is 0 Å². The van der Waals surface area contributed by atoms with Crippen molar-refractivity contribution in [1.82, 2.24) is 4.90 Å². The van der Waals surface area contributed by atoms with Crippen LogP contribution in [0.25, 0.3) is 0 Å². The first-order valence-electron chi connectivity index (χ1n) is 6.08. The van der Waals surface area contributed by atoms with Gasteiger partial charge in [0.05, 0.1) is 6.61 Å². The van der Waals surface area contributed by atoms with E-state index in [1.165, 1.54) is 12.8 Å². The average Bonchev–Trinajstić information content (AvgIpc) is 2.27. The van der Waals surface area contributed by atoms with Crippen LogP contribution in [0.3, 0.4) is 0 Å². The van der Waals surface area contributed by atoms with Crippen molar-refractivity contribution >= 4 is 0 Å². The Balaban J connectivity index is 3.89. The van der Waals surface area contributed by atoms with Crippen LogP contribution in [0.1, 0.15) is 33.6 Å². The van der Waals surface area contributed by atoms with E-state index in [-0.39, 0.29) is 0 Å². The Labute approximate surface area is 95.0 Å². The Morgan fingerprint density at radius 2 is 1.93 bits per heavy atom. The summed E-state index contributed by atoms with van der Waals surface area (Å²) in [6.07, 6.45) is 2.38. The first-order chi connectivity index (χ1) is 7.15. The topological polar surface area (TPSA) is 38.5 Å². The van der Waals surface area contributed by atoms with Crippen LogP contribution in [-0.2, 0) is 4.74 Å². The fourth-order valence-electron chi connectivity index (χ4n) is 1.52. The molecule has 0 fully saturated rings. The third kappa shape index (κ3) is 6.88. The molecule has 2 unspecified atom stereocenters. The van der Waals surface area contributed by atoms with Crippen LogP contribution >= 0.6 is 0 Å². The van der Waals surface area contributed by atoms with Crippen molar-refractivity contribution in [1.29, 1.82) is 0 Å². The van der Waals surface area contributed by atoms with E-state index in [0.29, 0.717) is 12.0 Å². The van der Waals surface area contributed by atoms with Crippen LogP contribution < -0.4 is 5.73 Å². The minimum absolute atomic E-state index is 0.624. The predicted octanol–water partition coefficient (Wildman–Crippen LogP) is 1.72. The zero-order valence-electron chi connectivity index (χ0n) is 10.8. The van der Waals surface area contributed by atoms with E-state index in [1.54, 1.807) is 7.11 Å². The molecule has 0 aliphatic carbocycles. The molecule has 0 aromatic heterocycles. The van der Waals surface area contributed by atoms with Gasteiger partial charge in [-0.15, -0.1) is 0 Å². The van der Waals surface area contributed by atoms with E-state index in [1.807, 2.05) is 0 Å². The van der Waals surface area contributed by atoms with Crippen LogP contribution in [0.4, 0.5) is 0 Å². The van der Waals surface area contributed by atoms with Crippen molar-refractivity contribution in [3.63, 3.8) is 0 Å². The number of nitrogens with zero attached hydrogens (tertiary/aromatic N) is 1. The maximum atomic E-state index is 5.62. The van der Waals surface area contributed by atoms with E-state index < -0.39 is 0 Å². The monoisotopic (exact) mass is 216 g/mol. The molecular formula is C12H28N2O. The normalized spacial score (nSPS) is 15.6. The van der Waals surface area contributed by atoms with Gasteiger partial charge in [-0.25, -0.2) is 0 Å². The number of hydrogen-bond acceptors (Lipinski definition) is 3. The Bertz CT molecular complexity index is 142. The van der Waals surface area contributed by atoms with Crippen molar-refractivity contribution in [3.05, 3.63) is 0 Å². The molecule has 0 saturated carbocycles. The Kier molecular flexibility index (Phi) is 9.06. The van der Waals surface area contributed by atoms with Gasteiger partial charge in [0.15, 0.2) is 0 Å². The van der Waals surface area contributed by atoms with E-state index in [2.05, 4.69) is 25.7 Å². The minimum Gasteiger partial charge on any atom is -0.383 e. The molecule has 3 heteroatoms. The first-order valence-corrected chi connectivity index (χ1v) is 6.08. The highest BCUT2D eigenvalue weighted by Gasteiger charge is 2.12. The van der Waals surface area contributed by atoms with Gasteiger partial charge < -0.3 is 10.5 Å². The fraction of sp³-hybridized carbons (Fsp3) is 1.00. The van der Waals surface area contributed by atoms with Crippen molar-refractivity contribution in [2.45, 2.75) is 39.7 Å². The van der Waals surface area contributed by atoms with Crippen LogP contribution in [0.2, 0.25) is 0 Å². The lowest BCUT2D eigenvalue weighted by Gasteiger charge is -2.29. The van der Waals surface area contributed by atoms with Crippen molar-refractivity contribution in [2.24, 2.45) is 11.7 Å². The van der Waals surface area contributed by atoms with Crippen LogP contribution in [-0.4, -0.2) is 44.3 Å². The maximum Gasteiger partial charge on any atom is 0.0589 e. The van der Waals surface area contributed by atoms with Gasteiger partial charge in [-0.1, -0.05) is 13.8 Å². The number of ether oxygens (including phenoxy) is 1. The summed E-state index contributed by atoms with van der Waals surface area (Å²) in [6.45, 7) is 10.5. The standard InChI is InChI=1S/C12H28N2O/c1-5-12(3)14(8-9-15-4)7-6-11(2)10-13/h11-12H,5-10,13H2,1-4H3. The molecule has 3 nitrogen and oxygen atoms in total. The lowest BCUT2D eigenvalue weighted by molar-refractivity contribution is 0.118. The molecule has 0 saturated heterocycles. The summed E-state index contributed by atoms with van der Waals surface area (Å²) in [5, 5.41) is 0. The van der Waals surface area contributed by atoms with Crippen molar-refractivity contribution in [2.75, 3.05) is 33.4 Å². The zero-order valence-corrected chi connectivity index (χ0v) is 10.8. The van der Waals surface area contributed by atoms with E-state index in [0.717, 1.165) is 26.2 Å². The summed E-state index contributed by atoms with van der Waals surface area (Å²) >= 11 is 0. The second kappa shape index (κ2) is 9.13. The van der Waals surface area contributed by atoms with Gasteiger partial charge in [-0.2, -0.15) is 0 Å². The molecule has 15 heavy (non-hydrogen) atoms. The minimum atomic E-state index is 0.624. The molecule has 0 aliphatic heterocycles. The summed E-state index contributed by atoms with van der Waals surface area (Å²) in [5.74, 6) is 0.624. The van der Waals surface area contributed by atoms with E-state index in [4.69, 9.17) is 10.5 Å². The van der Waals surface area contributed by atoms with E-state index in [9.17, 15) is 0 Å². The number of rotatable bonds is 9. The smallest absolute Gasteiger partial charge is 0.0589 e. The highest BCUT2D eigenvalue weighted by molar-refractivity contribution is 4.67. The van der Waals surface area contributed by atoms with Gasteiger partial charge in [-0.3, -0.25) is 4.90 Å². The molecule has 2 atom stereocenters. The summed E-state index contributed by atoms with van der Waals surface area (Å²) in [5.41, 5.74) is 5.62. The molecule has 0 heterocycles. The first kappa shape index (κ1) is 14.9. The van der Waals surface area contributed by atoms with Crippen molar-refractivity contribution in [3.8, 4) is 0 Å². The summed E-state index contributed by atoms with van der Waals surface area (Å²) in [6, 6.07) is 0.644. The number of nitrogens with two attached hydrogens (primary N) is 1. The second-order valence-electron chi connectivity index (χ2n) is 4.42. The second-order valence-corrected chi connectivity index (χ2v) is 4.42. The van der Waals surface area contributed by atoms with Crippen LogP contribution in [0, 0.1) is 5.92 Å². The highest BCUT2D eigenvalue weighted by Crippen LogP contribution is 2.07.